The summed E-state index contributed by atoms with van der Waals surface area (Å²) < 4.78 is 5.60. The minimum Gasteiger partial charge on any atom is -0.366 e. The molecule has 0 unspecified atom stereocenters. The fraction of sp³-hybridized carbons (Fsp3) is 0.688. The topological polar surface area (TPSA) is 78.5 Å². The number of carbonyl (C=O) groups excluding carboxylic acids is 2. The van der Waals surface area contributed by atoms with Gasteiger partial charge >= 0.3 is 0 Å². The predicted molar refractivity (Wildman–Crippen MR) is 83.9 cm³/mol. The summed E-state index contributed by atoms with van der Waals surface area (Å²) in [7, 11) is 1.80. The van der Waals surface area contributed by atoms with Crippen LogP contribution in [0.4, 0.5) is 0 Å². The van der Waals surface area contributed by atoms with Gasteiger partial charge in [0.2, 0.25) is 11.8 Å². The van der Waals surface area contributed by atoms with Gasteiger partial charge in [-0.1, -0.05) is 0 Å². The number of piperidine rings is 1. The van der Waals surface area contributed by atoms with Crippen LogP contribution in [-0.4, -0.2) is 70.7 Å². The van der Waals surface area contributed by atoms with Crippen LogP contribution in [0.15, 0.2) is 0 Å². The fourth-order valence-corrected chi connectivity index (χ4v) is 3.50. The van der Waals surface area contributed by atoms with Gasteiger partial charge in [-0.3, -0.25) is 14.7 Å². The average Bonchev–Trinajstić information content (AvgIpc) is 2.87. The Labute approximate surface area is 136 Å². The summed E-state index contributed by atoms with van der Waals surface area (Å²) in [6.07, 6.45) is 2.01. The maximum atomic E-state index is 12.5. The van der Waals surface area contributed by atoms with Crippen LogP contribution >= 0.6 is 0 Å². The molecule has 0 radical (unpaired) electrons. The van der Waals surface area contributed by atoms with E-state index in [2.05, 4.69) is 10.2 Å². The van der Waals surface area contributed by atoms with Crippen molar-refractivity contribution in [3.63, 3.8) is 0 Å². The van der Waals surface area contributed by atoms with Crippen molar-refractivity contribution < 1.29 is 14.3 Å². The number of hydrogen-bond acceptors (Lipinski definition) is 4. The molecule has 3 rings (SSSR count). The van der Waals surface area contributed by atoms with E-state index in [0.717, 1.165) is 23.4 Å². The highest BCUT2D eigenvalue weighted by molar-refractivity contribution is 5.79. The highest BCUT2D eigenvalue weighted by Gasteiger charge is 2.39. The quantitative estimate of drug-likeness (QED) is 0.875. The lowest BCUT2D eigenvalue weighted by Crippen LogP contribution is -2.61. The van der Waals surface area contributed by atoms with Gasteiger partial charge in [-0.15, -0.1) is 0 Å². The molecule has 3 heterocycles. The second-order valence-corrected chi connectivity index (χ2v) is 6.46. The number of rotatable bonds is 3. The van der Waals surface area contributed by atoms with E-state index in [0.29, 0.717) is 25.9 Å². The van der Waals surface area contributed by atoms with E-state index >= 15 is 0 Å². The molecule has 7 heteroatoms. The third-order valence-electron chi connectivity index (χ3n) is 5.05. The minimum absolute atomic E-state index is 0.00908. The van der Waals surface area contributed by atoms with Gasteiger partial charge in [-0.2, -0.15) is 5.10 Å². The third-order valence-corrected chi connectivity index (χ3v) is 5.05. The first-order valence-corrected chi connectivity index (χ1v) is 8.13. The molecule has 23 heavy (non-hydrogen) atoms. The predicted octanol–water partition coefficient (Wildman–Crippen LogP) is 0.417. The number of morpholine rings is 1. The normalized spacial score (nSPS) is 24.7. The molecule has 7 nitrogen and oxygen atoms in total. The summed E-state index contributed by atoms with van der Waals surface area (Å²) in [5.41, 5.74) is 3.11. The molecular formula is C16H24N4O3. The van der Waals surface area contributed by atoms with E-state index in [-0.39, 0.29) is 30.6 Å². The molecule has 0 saturated carbocycles. The van der Waals surface area contributed by atoms with Crippen molar-refractivity contribution in [2.75, 3.05) is 26.7 Å². The maximum absolute atomic E-state index is 12.5. The number of aromatic amines is 1. The number of aryl methyl sites for hydroxylation is 2. The lowest BCUT2D eigenvalue weighted by Gasteiger charge is -2.45. The number of amides is 2. The highest BCUT2D eigenvalue weighted by Crippen LogP contribution is 2.23. The first kappa shape index (κ1) is 16.0. The molecule has 0 aromatic carbocycles. The number of nitrogens with zero attached hydrogens (tertiary/aromatic N) is 3. The summed E-state index contributed by atoms with van der Waals surface area (Å²) >= 11 is 0. The van der Waals surface area contributed by atoms with E-state index in [4.69, 9.17) is 4.74 Å². The summed E-state index contributed by atoms with van der Waals surface area (Å²) in [6.45, 7) is 5.35. The SMILES string of the molecule is Cc1n[nH]c(C)c1CCC(=O)N1CC[C@@H]2OCC(=O)N(C)[C@H]2C1. The molecule has 2 saturated heterocycles. The van der Waals surface area contributed by atoms with E-state index in [1.807, 2.05) is 18.7 Å². The van der Waals surface area contributed by atoms with Crippen molar-refractivity contribution >= 4 is 11.8 Å². The first-order valence-electron chi connectivity index (χ1n) is 8.13. The molecule has 2 atom stereocenters. The molecule has 2 aliphatic rings. The minimum atomic E-state index is -0.0219. The highest BCUT2D eigenvalue weighted by atomic mass is 16.5. The Bertz CT molecular complexity index is 593. The van der Waals surface area contributed by atoms with Crippen LogP contribution < -0.4 is 0 Å². The Morgan fingerprint density at radius 3 is 2.91 bits per heavy atom. The van der Waals surface area contributed by atoms with Gasteiger partial charge in [0.25, 0.3) is 0 Å². The van der Waals surface area contributed by atoms with Crippen molar-refractivity contribution in [1.82, 2.24) is 20.0 Å². The van der Waals surface area contributed by atoms with Crippen LogP contribution in [0.2, 0.25) is 0 Å². The van der Waals surface area contributed by atoms with E-state index in [9.17, 15) is 9.59 Å². The Balaban J connectivity index is 1.59. The molecule has 2 aliphatic heterocycles. The maximum Gasteiger partial charge on any atom is 0.248 e. The number of H-pyrrole nitrogens is 1. The van der Waals surface area contributed by atoms with Crippen LogP contribution in [0.5, 0.6) is 0 Å². The number of aromatic nitrogens is 2. The molecular weight excluding hydrogens is 296 g/mol. The summed E-state index contributed by atoms with van der Waals surface area (Å²) in [6, 6.07) is -0.0219. The van der Waals surface area contributed by atoms with Gasteiger partial charge in [-0.05, 0) is 32.3 Å². The van der Waals surface area contributed by atoms with Crippen LogP contribution in [0, 0.1) is 13.8 Å². The second kappa shape index (κ2) is 6.31. The number of nitrogens with one attached hydrogen (secondary N) is 1. The second-order valence-electron chi connectivity index (χ2n) is 6.46. The van der Waals surface area contributed by atoms with Crippen molar-refractivity contribution in [2.45, 2.75) is 45.3 Å². The number of likely N-dealkylation sites (N-methyl/N-ethyl adjacent to an activating group) is 1. The van der Waals surface area contributed by atoms with Crippen LogP contribution in [0.1, 0.15) is 29.8 Å². The molecule has 1 N–H and O–H groups in total. The smallest absolute Gasteiger partial charge is 0.248 e. The van der Waals surface area contributed by atoms with Crippen LogP contribution in [0.25, 0.3) is 0 Å². The fourth-order valence-electron chi connectivity index (χ4n) is 3.50. The Morgan fingerprint density at radius 2 is 2.22 bits per heavy atom. The van der Waals surface area contributed by atoms with E-state index in [1.54, 1.807) is 11.9 Å². The van der Waals surface area contributed by atoms with Crippen LogP contribution in [0.3, 0.4) is 0 Å². The molecule has 2 fully saturated rings. The van der Waals surface area contributed by atoms with Gasteiger partial charge in [0.1, 0.15) is 6.61 Å². The Kier molecular flexibility index (Phi) is 4.39. The van der Waals surface area contributed by atoms with Crippen molar-refractivity contribution in [2.24, 2.45) is 0 Å². The largest absolute Gasteiger partial charge is 0.366 e. The number of carbonyl (C=O) groups is 2. The molecule has 1 aromatic rings. The zero-order chi connectivity index (χ0) is 16.6. The molecule has 0 bridgehead atoms. The first-order chi connectivity index (χ1) is 11.0. The van der Waals surface area contributed by atoms with E-state index in [1.165, 1.54) is 0 Å². The monoisotopic (exact) mass is 320 g/mol. The van der Waals surface area contributed by atoms with Gasteiger partial charge in [-0.25, -0.2) is 0 Å². The Morgan fingerprint density at radius 1 is 1.43 bits per heavy atom. The molecule has 126 valence electrons. The van der Waals surface area contributed by atoms with Crippen molar-refractivity contribution in [3.05, 3.63) is 17.0 Å². The van der Waals surface area contributed by atoms with Gasteiger partial charge in [0.05, 0.1) is 17.8 Å². The van der Waals surface area contributed by atoms with Crippen molar-refractivity contribution in [3.8, 4) is 0 Å². The summed E-state index contributed by atoms with van der Waals surface area (Å²) in [5.74, 6) is 0.125. The lowest BCUT2D eigenvalue weighted by molar-refractivity contribution is -0.163. The molecule has 0 aliphatic carbocycles. The van der Waals surface area contributed by atoms with Gasteiger partial charge in [0, 0.05) is 32.3 Å². The summed E-state index contributed by atoms with van der Waals surface area (Å²) in [5, 5.41) is 7.12. The number of hydrogen-bond donors (Lipinski definition) is 1. The van der Waals surface area contributed by atoms with Gasteiger partial charge < -0.3 is 14.5 Å². The number of likely N-dealkylation sites (tertiary alicyclic amines) is 1. The average molecular weight is 320 g/mol. The third kappa shape index (κ3) is 3.10. The van der Waals surface area contributed by atoms with E-state index < -0.39 is 0 Å². The molecule has 1 aromatic heterocycles. The lowest BCUT2D eigenvalue weighted by atomic mass is 9.98. The molecule has 2 amide bonds. The Hall–Kier alpha value is -1.89. The standard InChI is InChI=1S/C16H24N4O3/c1-10-12(11(2)18-17-10)4-5-15(21)20-7-6-14-13(8-20)19(3)16(22)9-23-14/h13-14H,4-9H2,1-3H3,(H,17,18)/t13-,14-/m0/s1. The van der Waals surface area contributed by atoms with Gasteiger partial charge in [0.15, 0.2) is 0 Å². The number of fused-ring (bicyclic) bond motifs is 1. The zero-order valence-corrected chi connectivity index (χ0v) is 14.0. The van der Waals surface area contributed by atoms with Crippen molar-refractivity contribution in [1.29, 1.82) is 0 Å². The summed E-state index contributed by atoms with van der Waals surface area (Å²) in [4.78, 5) is 27.9. The number of ether oxygens (including phenoxy) is 1. The van der Waals surface area contributed by atoms with Crippen LogP contribution in [-0.2, 0) is 20.7 Å². The zero-order valence-electron chi connectivity index (χ0n) is 14.0. The molecule has 0 spiro atoms.